The lowest BCUT2D eigenvalue weighted by Crippen LogP contribution is -2.28. The summed E-state index contributed by atoms with van der Waals surface area (Å²) in [5.41, 5.74) is 0.935. The van der Waals surface area contributed by atoms with Crippen LogP contribution in [0.1, 0.15) is 29.5 Å². The van der Waals surface area contributed by atoms with Gasteiger partial charge in [0.15, 0.2) is 6.61 Å². The highest BCUT2D eigenvalue weighted by Crippen LogP contribution is 2.41. The number of thiazole rings is 1. The van der Waals surface area contributed by atoms with E-state index in [0.29, 0.717) is 18.2 Å². The van der Waals surface area contributed by atoms with Crippen LogP contribution in [0.15, 0.2) is 35.7 Å². The quantitative estimate of drug-likeness (QED) is 0.889. The van der Waals surface area contributed by atoms with Crippen LogP contribution in [0.25, 0.3) is 0 Å². The second kappa shape index (κ2) is 6.05. The van der Waals surface area contributed by atoms with Crippen molar-refractivity contribution >= 4 is 17.2 Å². The van der Waals surface area contributed by atoms with Crippen molar-refractivity contribution in [1.29, 1.82) is 0 Å². The molecular weight excluding hydrogens is 272 g/mol. The van der Waals surface area contributed by atoms with Crippen molar-refractivity contribution in [2.75, 3.05) is 6.61 Å². The number of aromatic nitrogens is 1. The molecule has 1 aromatic heterocycles. The van der Waals surface area contributed by atoms with Gasteiger partial charge in [-0.25, -0.2) is 4.98 Å². The lowest BCUT2D eigenvalue weighted by molar-refractivity contribution is -0.123. The summed E-state index contributed by atoms with van der Waals surface area (Å²) in [6.45, 7) is 0.504. The highest BCUT2D eigenvalue weighted by molar-refractivity contribution is 7.09. The van der Waals surface area contributed by atoms with Crippen LogP contribution in [-0.2, 0) is 11.3 Å². The Morgan fingerprint density at radius 1 is 1.35 bits per heavy atom. The number of nitrogens with zero attached hydrogens (tertiary/aromatic N) is 1. The largest absolute Gasteiger partial charge is 0.484 e. The third-order valence-corrected chi connectivity index (χ3v) is 4.13. The van der Waals surface area contributed by atoms with Gasteiger partial charge in [0.1, 0.15) is 5.75 Å². The summed E-state index contributed by atoms with van der Waals surface area (Å²) in [7, 11) is 0. The van der Waals surface area contributed by atoms with E-state index in [1.165, 1.54) is 17.8 Å². The SMILES string of the molecule is O=C(COc1ccccc1)NCc1csc(C2CC2)n1. The molecule has 2 aromatic rings. The molecule has 1 aromatic carbocycles. The van der Waals surface area contributed by atoms with E-state index in [2.05, 4.69) is 10.3 Å². The lowest BCUT2D eigenvalue weighted by Gasteiger charge is -2.06. The highest BCUT2D eigenvalue weighted by atomic mass is 32.1. The minimum Gasteiger partial charge on any atom is -0.484 e. The molecule has 20 heavy (non-hydrogen) atoms. The van der Waals surface area contributed by atoms with Crippen molar-refractivity contribution in [2.45, 2.75) is 25.3 Å². The molecule has 0 radical (unpaired) electrons. The first kappa shape index (κ1) is 13.1. The predicted molar refractivity (Wildman–Crippen MR) is 77.9 cm³/mol. The first-order chi connectivity index (χ1) is 9.81. The van der Waals surface area contributed by atoms with Crippen molar-refractivity contribution in [3.63, 3.8) is 0 Å². The van der Waals surface area contributed by atoms with E-state index in [4.69, 9.17) is 4.74 Å². The van der Waals surface area contributed by atoms with Crippen molar-refractivity contribution in [1.82, 2.24) is 10.3 Å². The second-order valence-corrected chi connectivity index (χ2v) is 5.72. The number of ether oxygens (including phenoxy) is 1. The number of carbonyl (C=O) groups excluding carboxylic acids is 1. The number of rotatable bonds is 6. The molecule has 1 amide bonds. The van der Waals surface area contributed by atoms with Gasteiger partial charge in [0.05, 0.1) is 17.2 Å². The Labute approximate surface area is 121 Å². The minimum absolute atomic E-state index is 0.0314. The van der Waals surface area contributed by atoms with Gasteiger partial charge in [-0.15, -0.1) is 11.3 Å². The number of hydrogen-bond donors (Lipinski definition) is 1. The second-order valence-electron chi connectivity index (χ2n) is 4.83. The maximum atomic E-state index is 11.7. The Hall–Kier alpha value is -1.88. The van der Waals surface area contributed by atoms with Crippen LogP contribution in [0.3, 0.4) is 0 Å². The molecule has 1 saturated carbocycles. The summed E-state index contributed by atoms with van der Waals surface area (Å²) < 4.78 is 5.38. The van der Waals surface area contributed by atoms with Crippen molar-refractivity contribution < 1.29 is 9.53 Å². The Balaban J connectivity index is 1.42. The molecule has 0 atom stereocenters. The Bertz CT molecular complexity index is 579. The molecule has 1 aliphatic carbocycles. The van der Waals surface area contributed by atoms with E-state index >= 15 is 0 Å². The third-order valence-electron chi connectivity index (χ3n) is 3.08. The van der Waals surface area contributed by atoms with Crippen LogP contribution in [0.5, 0.6) is 5.75 Å². The number of benzene rings is 1. The zero-order valence-corrected chi connectivity index (χ0v) is 11.9. The van der Waals surface area contributed by atoms with Gasteiger partial charge in [0.2, 0.25) is 0 Å². The number of carbonyl (C=O) groups is 1. The zero-order chi connectivity index (χ0) is 13.8. The average molecular weight is 288 g/mol. The van der Waals surface area contributed by atoms with Crippen LogP contribution < -0.4 is 10.1 Å². The first-order valence-corrected chi connectivity index (χ1v) is 7.58. The molecule has 0 spiro atoms. The highest BCUT2D eigenvalue weighted by Gasteiger charge is 2.26. The van der Waals surface area contributed by atoms with Gasteiger partial charge in [-0.2, -0.15) is 0 Å². The summed E-state index contributed by atoms with van der Waals surface area (Å²) in [6, 6.07) is 9.32. The molecule has 3 rings (SSSR count). The minimum atomic E-state index is -0.130. The van der Waals surface area contributed by atoms with E-state index < -0.39 is 0 Å². The summed E-state index contributed by atoms with van der Waals surface area (Å²) in [4.78, 5) is 16.2. The molecule has 0 aliphatic heterocycles. The molecule has 0 bridgehead atoms. The van der Waals surface area contributed by atoms with Crippen LogP contribution in [0.2, 0.25) is 0 Å². The lowest BCUT2D eigenvalue weighted by atomic mass is 10.3. The molecule has 1 fully saturated rings. The standard InChI is InChI=1S/C15H16N2O2S/c18-14(9-19-13-4-2-1-3-5-13)16-8-12-10-20-15(17-12)11-6-7-11/h1-5,10-11H,6-9H2,(H,16,18). The third kappa shape index (κ3) is 3.57. The molecule has 0 saturated heterocycles. The monoisotopic (exact) mass is 288 g/mol. The molecule has 1 N–H and O–H groups in total. The first-order valence-electron chi connectivity index (χ1n) is 6.70. The fourth-order valence-electron chi connectivity index (χ4n) is 1.83. The fourth-order valence-corrected chi connectivity index (χ4v) is 2.82. The molecule has 5 heteroatoms. The topological polar surface area (TPSA) is 51.2 Å². The van der Waals surface area contributed by atoms with Crippen LogP contribution in [0, 0.1) is 0 Å². The Morgan fingerprint density at radius 3 is 2.90 bits per heavy atom. The van der Waals surface area contributed by atoms with Gasteiger partial charge in [0.25, 0.3) is 5.91 Å². The molecule has 104 valence electrons. The van der Waals surface area contributed by atoms with Crippen molar-refractivity contribution in [3.8, 4) is 5.75 Å². The van der Waals surface area contributed by atoms with Crippen LogP contribution in [0.4, 0.5) is 0 Å². The van der Waals surface area contributed by atoms with E-state index in [-0.39, 0.29) is 12.5 Å². The summed E-state index contributed by atoms with van der Waals surface area (Å²) in [5, 5.41) is 6.05. The maximum absolute atomic E-state index is 11.7. The van der Waals surface area contributed by atoms with Gasteiger partial charge in [0, 0.05) is 11.3 Å². The van der Waals surface area contributed by atoms with Crippen molar-refractivity contribution in [2.24, 2.45) is 0 Å². The molecule has 4 nitrogen and oxygen atoms in total. The van der Waals surface area contributed by atoms with E-state index in [9.17, 15) is 4.79 Å². The van der Waals surface area contributed by atoms with Crippen molar-refractivity contribution in [3.05, 3.63) is 46.4 Å². The van der Waals surface area contributed by atoms with Gasteiger partial charge in [-0.1, -0.05) is 18.2 Å². The number of amides is 1. The molecular formula is C15H16N2O2S. The normalized spacial score (nSPS) is 14.0. The molecule has 1 aliphatic rings. The summed E-state index contributed by atoms with van der Waals surface area (Å²) in [5.74, 6) is 1.24. The fraction of sp³-hybridized carbons (Fsp3) is 0.333. The van der Waals surface area contributed by atoms with Gasteiger partial charge < -0.3 is 10.1 Å². The average Bonchev–Trinajstić information content (AvgIpc) is 3.23. The van der Waals surface area contributed by atoms with E-state index in [1.807, 2.05) is 35.7 Å². The maximum Gasteiger partial charge on any atom is 0.258 e. The predicted octanol–water partition coefficient (Wildman–Crippen LogP) is 2.72. The summed E-state index contributed by atoms with van der Waals surface area (Å²) in [6.07, 6.45) is 2.51. The van der Waals surface area contributed by atoms with E-state index in [1.54, 1.807) is 11.3 Å². The smallest absolute Gasteiger partial charge is 0.258 e. The molecule has 0 unspecified atom stereocenters. The molecule has 1 heterocycles. The number of para-hydroxylation sites is 1. The number of hydrogen-bond acceptors (Lipinski definition) is 4. The van der Waals surface area contributed by atoms with Crippen LogP contribution in [-0.4, -0.2) is 17.5 Å². The Kier molecular flexibility index (Phi) is 3.97. The van der Waals surface area contributed by atoms with E-state index in [0.717, 1.165) is 5.69 Å². The van der Waals surface area contributed by atoms with Gasteiger partial charge >= 0.3 is 0 Å². The van der Waals surface area contributed by atoms with Crippen LogP contribution >= 0.6 is 11.3 Å². The van der Waals surface area contributed by atoms with Gasteiger partial charge in [-0.3, -0.25) is 4.79 Å². The zero-order valence-electron chi connectivity index (χ0n) is 11.0. The number of nitrogens with one attached hydrogen (secondary N) is 1. The Morgan fingerprint density at radius 2 is 2.15 bits per heavy atom. The van der Waals surface area contributed by atoms with Gasteiger partial charge in [-0.05, 0) is 25.0 Å². The summed E-state index contributed by atoms with van der Waals surface area (Å²) >= 11 is 1.69.